The molecule has 0 bridgehead atoms. The molecular weight excluding hydrogens is 255 g/mol. The highest BCUT2D eigenvalue weighted by molar-refractivity contribution is 5.69. The summed E-state index contributed by atoms with van der Waals surface area (Å²) in [6, 6.07) is 0. The molecule has 2 nitrogen and oxygen atoms in total. The first kappa shape index (κ1) is 15.3. The third kappa shape index (κ3) is 3.71. The number of allylic oxidation sites excluding steroid dienone is 4. The Morgan fingerprint density at radius 2 is 2.05 bits per heavy atom. The number of carbonyl (C=O) groups excluding carboxylic acids is 1. The zero-order valence-corrected chi connectivity index (χ0v) is 12.6. The summed E-state index contributed by atoms with van der Waals surface area (Å²) in [6.07, 6.45) is 8.09. The van der Waals surface area contributed by atoms with Crippen LogP contribution in [-0.2, 0) is 9.53 Å². The second-order valence-corrected chi connectivity index (χ2v) is 6.01. The molecule has 2 aliphatic rings. The molecule has 0 unspecified atom stereocenters. The van der Waals surface area contributed by atoms with E-state index in [9.17, 15) is 9.18 Å². The van der Waals surface area contributed by atoms with Crippen molar-refractivity contribution in [1.82, 2.24) is 0 Å². The Balaban J connectivity index is 1.88. The van der Waals surface area contributed by atoms with Gasteiger partial charge in [-0.1, -0.05) is 5.57 Å². The maximum absolute atomic E-state index is 14.0. The summed E-state index contributed by atoms with van der Waals surface area (Å²) in [7, 11) is 0. The number of rotatable bonds is 4. The lowest BCUT2D eigenvalue weighted by Gasteiger charge is -2.31. The van der Waals surface area contributed by atoms with Crippen LogP contribution in [0.5, 0.6) is 0 Å². The van der Waals surface area contributed by atoms with Crippen LogP contribution < -0.4 is 0 Å². The summed E-state index contributed by atoms with van der Waals surface area (Å²) < 4.78 is 19.0. The highest BCUT2D eigenvalue weighted by Gasteiger charge is 2.29. The molecule has 0 N–H and O–H groups in total. The topological polar surface area (TPSA) is 26.3 Å². The zero-order chi connectivity index (χ0) is 14.5. The number of esters is 1. The van der Waals surface area contributed by atoms with E-state index in [0.717, 1.165) is 44.1 Å². The number of halogens is 1. The van der Waals surface area contributed by atoms with Crippen LogP contribution in [0.3, 0.4) is 0 Å². The molecule has 0 aromatic carbocycles. The lowest BCUT2D eigenvalue weighted by atomic mass is 9.74. The van der Waals surface area contributed by atoms with Crippen LogP contribution in [0.1, 0.15) is 58.8 Å². The van der Waals surface area contributed by atoms with E-state index in [1.54, 1.807) is 6.08 Å². The minimum absolute atomic E-state index is 0.00240. The summed E-state index contributed by atoms with van der Waals surface area (Å²) >= 11 is 0. The molecule has 1 saturated carbocycles. The largest absolute Gasteiger partial charge is 0.466 e. The fourth-order valence-electron chi connectivity index (χ4n) is 3.52. The Morgan fingerprint density at radius 3 is 2.65 bits per heavy atom. The highest BCUT2D eigenvalue weighted by Crippen LogP contribution is 2.41. The first-order chi connectivity index (χ1) is 9.61. The molecule has 0 aromatic heterocycles. The van der Waals surface area contributed by atoms with Gasteiger partial charge in [-0.05, 0) is 75.9 Å². The van der Waals surface area contributed by atoms with Crippen LogP contribution >= 0.6 is 0 Å². The lowest BCUT2D eigenvalue weighted by molar-refractivity contribution is -0.144. The van der Waals surface area contributed by atoms with Gasteiger partial charge in [-0.2, -0.15) is 0 Å². The third-order valence-electron chi connectivity index (χ3n) is 4.58. The third-order valence-corrected chi connectivity index (χ3v) is 4.58. The van der Waals surface area contributed by atoms with Crippen molar-refractivity contribution in [3.63, 3.8) is 0 Å². The molecule has 0 heterocycles. The van der Waals surface area contributed by atoms with E-state index in [2.05, 4.69) is 6.92 Å². The smallest absolute Gasteiger partial charge is 0.306 e. The van der Waals surface area contributed by atoms with Gasteiger partial charge in [0.2, 0.25) is 0 Å². The quantitative estimate of drug-likeness (QED) is 0.697. The molecule has 0 spiro atoms. The van der Waals surface area contributed by atoms with E-state index in [4.69, 9.17) is 4.74 Å². The molecule has 2 aliphatic carbocycles. The Kier molecular flexibility index (Phi) is 5.38. The molecule has 112 valence electrons. The van der Waals surface area contributed by atoms with Crippen molar-refractivity contribution in [2.45, 2.75) is 58.8 Å². The minimum Gasteiger partial charge on any atom is -0.466 e. The first-order valence-electron chi connectivity index (χ1n) is 7.83. The standard InChI is InChI=1S/C17H25FO2/c1-3-20-16(19)11-13-7-9-14(10-8-13)17-12(2)5-4-6-15(17)18/h6,13-14H,3-5,7-11H2,1-2H3. The Hall–Kier alpha value is -1.12. The fourth-order valence-corrected chi connectivity index (χ4v) is 3.52. The van der Waals surface area contributed by atoms with Crippen LogP contribution in [0.25, 0.3) is 0 Å². The summed E-state index contributed by atoms with van der Waals surface area (Å²) in [5.41, 5.74) is 2.18. The fraction of sp³-hybridized carbons (Fsp3) is 0.706. The van der Waals surface area contributed by atoms with Crippen molar-refractivity contribution >= 4 is 5.97 Å². The molecule has 0 radical (unpaired) electrons. The molecular formula is C17H25FO2. The normalized spacial score (nSPS) is 27.2. The molecule has 3 heteroatoms. The van der Waals surface area contributed by atoms with Gasteiger partial charge in [-0.25, -0.2) is 4.39 Å². The zero-order valence-electron chi connectivity index (χ0n) is 12.6. The van der Waals surface area contributed by atoms with Gasteiger partial charge in [0.25, 0.3) is 0 Å². The Labute approximate surface area is 121 Å². The Bertz CT molecular complexity index is 415. The summed E-state index contributed by atoms with van der Waals surface area (Å²) in [4.78, 5) is 11.5. The molecule has 20 heavy (non-hydrogen) atoms. The minimum atomic E-state index is -0.0879. The van der Waals surface area contributed by atoms with E-state index in [0.29, 0.717) is 24.9 Å². The SMILES string of the molecule is CCOC(=O)CC1CCC(C2=C(C)CCC=C2F)CC1. The van der Waals surface area contributed by atoms with Crippen molar-refractivity contribution in [3.8, 4) is 0 Å². The van der Waals surface area contributed by atoms with E-state index in [-0.39, 0.29) is 11.8 Å². The second kappa shape index (κ2) is 7.05. The molecule has 0 atom stereocenters. The average molecular weight is 280 g/mol. The van der Waals surface area contributed by atoms with E-state index < -0.39 is 0 Å². The van der Waals surface area contributed by atoms with Gasteiger partial charge in [0.15, 0.2) is 0 Å². The van der Waals surface area contributed by atoms with Crippen molar-refractivity contribution in [2.75, 3.05) is 6.61 Å². The lowest BCUT2D eigenvalue weighted by Crippen LogP contribution is -2.21. The molecule has 0 amide bonds. The molecule has 1 fully saturated rings. The number of carbonyl (C=O) groups is 1. The molecule has 0 aromatic rings. The van der Waals surface area contributed by atoms with Crippen molar-refractivity contribution in [1.29, 1.82) is 0 Å². The van der Waals surface area contributed by atoms with Gasteiger partial charge in [0.05, 0.1) is 6.61 Å². The van der Waals surface area contributed by atoms with Crippen LogP contribution in [0.15, 0.2) is 23.0 Å². The van der Waals surface area contributed by atoms with E-state index in [1.807, 2.05) is 6.92 Å². The Morgan fingerprint density at radius 1 is 1.35 bits per heavy atom. The van der Waals surface area contributed by atoms with Gasteiger partial charge < -0.3 is 4.74 Å². The predicted molar refractivity (Wildman–Crippen MR) is 77.8 cm³/mol. The van der Waals surface area contributed by atoms with Crippen LogP contribution in [0, 0.1) is 11.8 Å². The van der Waals surface area contributed by atoms with Gasteiger partial charge in [-0.15, -0.1) is 0 Å². The molecule has 0 aliphatic heterocycles. The summed E-state index contributed by atoms with van der Waals surface area (Å²) in [6.45, 7) is 4.35. The monoisotopic (exact) mass is 280 g/mol. The van der Waals surface area contributed by atoms with Gasteiger partial charge in [0.1, 0.15) is 5.83 Å². The maximum Gasteiger partial charge on any atom is 0.306 e. The van der Waals surface area contributed by atoms with Gasteiger partial charge >= 0.3 is 5.97 Å². The highest BCUT2D eigenvalue weighted by atomic mass is 19.1. The predicted octanol–water partition coefficient (Wildman–Crippen LogP) is 4.71. The molecule has 0 saturated heterocycles. The van der Waals surface area contributed by atoms with E-state index in [1.165, 1.54) is 5.57 Å². The van der Waals surface area contributed by atoms with Gasteiger partial charge in [-0.3, -0.25) is 4.79 Å². The molecule has 2 rings (SSSR count). The first-order valence-corrected chi connectivity index (χ1v) is 7.83. The van der Waals surface area contributed by atoms with Crippen LogP contribution in [-0.4, -0.2) is 12.6 Å². The maximum atomic E-state index is 14.0. The summed E-state index contributed by atoms with van der Waals surface area (Å²) in [5, 5.41) is 0. The van der Waals surface area contributed by atoms with Crippen LogP contribution in [0.4, 0.5) is 4.39 Å². The summed E-state index contributed by atoms with van der Waals surface area (Å²) in [5.74, 6) is 0.685. The average Bonchev–Trinajstić information content (AvgIpc) is 2.40. The second-order valence-electron chi connectivity index (χ2n) is 6.01. The number of hydrogen-bond donors (Lipinski definition) is 0. The van der Waals surface area contributed by atoms with Gasteiger partial charge in [0, 0.05) is 6.42 Å². The number of hydrogen-bond acceptors (Lipinski definition) is 2. The number of ether oxygens (including phenoxy) is 1. The van der Waals surface area contributed by atoms with E-state index >= 15 is 0 Å². The van der Waals surface area contributed by atoms with Crippen molar-refractivity contribution in [3.05, 3.63) is 23.0 Å². The van der Waals surface area contributed by atoms with Crippen LogP contribution in [0.2, 0.25) is 0 Å². The van der Waals surface area contributed by atoms with Crippen molar-refractivity contribution < 1.29 is 13.9 Å². The van der Waals surface area contributed by atoms with Crippen molar-refractivity contribution in [2.24, 2.45) is 11.8 Å².